The van der Waals surface area contributed by atoms with Crippen molar-refractivity contribution in [2.75, 3.05) is 24.9 Å². The Morgan fingerprint density at radius 3 is 2.09 bits per heavy atom. The zero-order chi connectivity index (χ0) is 15.9. The fourth-order valence-corrected chi connectivity index (χ4v) is 1.58. The molecule has 0 bridgehead atoms. The minimum absolute atomic E-state index is 0.276. The summed E-state index contributed by atoms with van der Waals surface area (Å²) >= 11 is 0. The number of nitrogens with zero attached hydrogens (tertiary/aromatic N) is 2. The molecule has 0 spiro atoms. The molecule has 2 rings (SSSR count). The van der Waals surface area contributed by atoms with Crippen LogP contribution in [0.2, 0.25) is 0 Å². The van der Waals surface area contributed by atoms with Crippen molar-refractivity contribution in [2.45, 2.75) is 0 Å². The summed E-state index contributed by atoms with van der Waals surface area (Å²) in [6.07, 6.45) is -0.617. The van der Waals surface area contributed by atoms with Crippen LogP contribution in [0.1, 0.15) is 10.4 Å². The molecule has 1 amide bonds. The van der Waals surface area contributed by atoms with E-state index in [1.54, 1.807) is 36.4 Å². The number of nitrogens with one attached hydrogen (secondary N) is 2. The number of rotatable bonds is 4. The summed E-state index contributed by atoms with van der Waals surface area (Å²) in [5.74, 6) is 0.365. The Morgan fingerprint density at radius 1 is 0.909 bits per heavy atom. The lowest BCUT2D eigenvalue weighted by molar-refractivity contribution is 0.0600. The second-order valence-corrected chi connectivity index (χ2v) is 4.11. The average molecular weight is 302 g/mol. The number of carbonyl (C=O) groups excluding carboxylic acids is 2. The Bertz CT molecular complexity index is 656. The fraction of sp³-hybridized carbons (Fsp3) is 0.143. The van der Waals surface area contributed by atoms with Gasteiger partial charge in [-0.05, 0) is 36.4 Å². The number of hydrogen-bond acceptors (Lipinski definition) is 7. The van der Waals surface area contributed by atoms with Crippen LogP contribution in [0.3, 0.4) is 0 Å². The van der Waals surface area contributed by atoms with Crippen LogP contribution in [0.25, 0.3) is 0 Å². The van der Waals surface area contributed by atoms with Crippen LogP contribution in [0.4, 0.5) is 22.1 Å². The van der Waals surface area contributed by atoms with Gasteiger partial charge in [-0.2, -0.15) is 0 Å². The number of amides is 1. The van der Waals surface area contributed by atoms with Gasteiger partial charge in [0.2, 0.25) is 0 Å². The van der Waals surface area contributed by atoms with Gasteiger partial charge < -0.3 is 14.8 Å². The minimum Gasteiger partial charge on any atom is -0.465 e. The van der Waals surface area contributed by atoms with Crippen molar-refractivity contribution >= 4 is 29.4 Å². The Kier molecular flexibility index (Phi) is 4.86. The predicted molar refractivity (Wildman–Crippen MR) is 79.1 cm³/mol. The summed E-state index contributed by atoms with van der Waals surface area (Å²) in [7, 11) is 2.59. The third-order valence-corrected chi connectivity index (χ3v) is 2.66. The van der Waals surface area contributed by atoms with Crippen molar-refractivity contribution in [2.24, 2.45) is 0 Å². The Morgan fingerprint density at radius 2 is 1.55 bits per heavy atom. The lowest BCUT2D eigenvalue weighted by Crippen LogP contribution is -2.12. The molecule has 2 aromatic rings. The first-order chi connectivity index (χ1) is 10.6. The molecule has 0 unspecified atom stereocenters. The minimum atomic E-state index is -0.617. The first-order valence-electron chi connectivity index (χ1n) is 6.26. The number of methoxy groups -OCH3 is 2. The molecule has 0 saturated carbocycles. The molecule has 1 aromatic heterocycles. The maximum Gasteiger partial charge on any atom is 0.412 e. The maximum atomic E-state index is 11.3. The molecule has 0 saturated heterocycles. The lowest BCUT2D eigenvalue weighted by Gasteiger charge is -2.07. The van der Waals surface area contributed by atoms with E-state index >= 15 is 0 Å². The molecule has 2 N–H and O–H groups in total. The molecule has 8 heteroatoms. The van der Waals surface area contributed by atoms with E-state index in [9.17, 15) is 9.59 Å². The number of ether oxygens (including phenoxy) is 2. The van der Waals surface area contributed by atoms with Gasteiger partial charge in [0.25, 0.3) is 0 Å². The largest absolute Gasteiger partial charge is 0.465 e. The van der Waals surface area contributed by atoms with Crippen molar-refractivity contribution in [3.05, 3.63) is 42.0 Å². The van der Waals surface area contributed by atoms with E-state index in [2.05, 4.69) is 30.3 Å². The highest BCUT2D eigenvalue weighted by atomic mass is 16.5. The quantitative estimate of drug-likeness (QED) is 0.834. The van der Waals surface area contributed by atoms with Crippen LogP contribution in [0.5, 0.6) is 0 Å². The van der Waals surface area contributed by atoms with Gasteiger partial charge in [0, 0.05) is 5.69 Å². The maximum absolute atomic E-state index is 11.3. The number of aromatic nitrogens is 2. The van der Waals surface area contributed by atoms with Gasteiger partial charge in [-0.3, -0.25) is 5.32 Å². The summed E-state index contributed by atoms with van der Waals surface area (Å²) in [5.41, 5.74) is 1.19. The summed E-state index contributed by atoms with van der Waals surface area (Å²) in [4.78, 5) is 22.3. The third-order valence-electron chi connectivity index (χ3n) is 2.66. The lowest BCUT2D eigenvalue weighted by atomic mass is 10.2. The molecular weight excluding hydrogens is 288 g/mol. The molecule has 0 aliphatic rings. The molecule has 8 nitrogen and oxygen atoms in total. The highest BCUT2D eigenvalue weighted by molar-refractivity contribution is 5.89. The van der Waals surface area contributed by atoms with Gasteiger partial charge >= 0.3 is 12.1 Å². The van der Waals surface area contributed by atoms with Gasteiger partial charge in [0.15, 0.2) is 11.6 Å². The number of hydrogen-bond donors (Lipinski definition) is 2. The van der Waals surface area contributed by atoms with E-state index < -0.39 is 12.1 Å². The Labute approximate surface area is 126 Å². The Balaban J connectivity index is 2.01. The van der Waals surface area contributed by atoms with E-state index in [0.717, 1.165) is 5.69 Å². The van der Waals surface area contributed by atoms with Gasteiger partial charge in [-0.15, -0.1) is 10.2 Å². The van der Waals surface area contributed by atoms with Gasteiger partial charge in [-0.1, -0.05) is 0 Å². The summed E-state index contributed by atoms with van der Waals surface area (Å²) in [5, 5.41) is 13.1. The zero-order valence-electron chi connectivity index (χ0n) is 12.0. The molecular formula is C14H14N4O4. The highest BCUT2D eigenvalue weighted by Gasteiger charge is 2.05. The van der Waals surface area contributed by atoms with Crippen LogP contribution < -0.4 is 10.6 Å². The normalized spacial score (nSPS) is 9.73. The standard InChI is InChI=1S/C14H14N4O4/c1-21-13(19)9-3-5-10(6-4-9)15-11-7-8-12(18-17-11)16-14(20)22-2/h3-8H,1-2H3,(H,15,17)(H,16,18,20). The molecule has 0 aliphatic heterocycles. The van der Waals surface area contributed by atoms with Gasteiger partial charge in [0.1, 0.15) is 0 Å². The molecule has 0 radical (unpaired) electrons. The number of anilines is 3. The van der Waals surface area contributed by atoms with Gasteiger partial charge in [-0.25, -0.2) is 9.59 Å². The van der Waals surface area contributed by atoms with Crippen molar-refractivity contribution < 1.29 is 19.1 Å². The summed E-state index contributed by atoms with van der Waals surface area (Å²) < 4.78 is 9.07. The molecule has 0 aliphatic carbocycles. The predicted octanol–water partition coefficient (Wildman–Crippen LogP) is 2.19. The molecule has 1 heterocycles. The molecule has 1 aromatic carbocycles. The van der Waals surface area contributed by atoms with E-state index in [1.807, 2.05) is 0 Å². The smallest absolute Gasteiger partial charge is 0.412 e. The monoisotopic (exact) mass is 302 g/mol. The number of benzene rings is 1. The first-order valence-corrected chi connectivity index (χ1v) is 6.26. The Hall–Kier alpha value is -3.16. The first kappa shape index (κ1) is 15.2. The summed E-state index contributed by atoms with van der Waals surface area (Å²) in [6.45, 7) is 0. The van der Waals surface area contributed by atoms with E-state index in [1.165, 1.54) is 14.2 Å². The zero-order valence-corrected chi connectivity index (χ0v) is 12.0. The SMILES string of the molecule is COC(=O)Nc1ccc(Nc2ccc(C(=O)OC)cc2)nn1. The summed E-state index contributed by atoms with van der Waals surface area (Å²) in [6, 6.07) is 9.92. The molecule has 22 heavy (non-hydrogen) atoms. The van der Waals surface area contributed by atoms with E-state index in [4.69, 9.17) is 0 Å². The van der Waals surface area contributed by atoms with Crippen molar-refractivity contribution in [1.29, 1.82) is 0 Å². The van der Waals surface area contributed by atoms with Crippen LogP contribution >= 0.6 is 0 Å². The van der Waals surface area contributed by atoms with Crippen LogP contribution in [-0.2, 0) is 9.47 Å². The average Bonchev–Trinajstić information content (AvgIpc) is 2.56. The molecule has 114 valence electrons. The van der Waals surface area contributed by atoms with Crippen LogP contribution in [0.15, 0.2) is 36.4 Å². The molecule has 0 fully saturated rings. The second-order valence-electron chi connectivity index (χ2n) is 4.11. The van der Waals surface area contributed by atoms with E-state index in [-0.39, 0.29) is 5.82 Å². The van der Waals surface area contributed by atoms with Crippen molar-refractivity contribution in [3.8, 4) is 0 Å². The van der Waals surface area contributed by atoms with E-state index in [0.29, 0.717) is 11.4 Å². The number of esters is 1. The van der Waals surface area contributed by atoms with Crippen LogP contribution in [0, 0.1) is 0 Å². The van der Waals surface area contributed by atoms with Crippen molar-refractivity contribution in [3.63, 3.8) is 0 Å². The number of carbonyl (C=O) groups is 2. The second kappa shape index (κ2) is 7.02. The third kappa shape index (κ3) is 3.92. The van der Waals surface area contributed by atoms with Crippen molar-refractivity contribution in [1.82, 2.24) is 10.2 Å². The topological polar surface area (TPSA) is 102 Å². The molecule has 0 atom stereocenters. The van der Waals surface area contributed by atoms with Crippen LogP contribution in [-0.4, -0.2) is 36.5 Å². The fourth-order valence-electron chi connectivity index (χ4n) is 1.58. The highest BCUT2D eigenvalue weighted by Crippen LogP contribution is 2.16. The van der Waals surface area contributed by atoms with Gasteiger partial charge in [0.05, 0.1) is 19.8 Å².